The minimum absolute atomic E-state index is 0.986. The summed E-state index contributed by atoms with van der Waals surface area (Å²) in [5, 5.41) is 0. The van der Waals surface area contributed by atoms with Crippen LogP contribution in [0.4, 0.5) is 0 Å². The molecule has 7 heavy (non-hydrogen) atoms. The van der Waals surface area contributed by atoms with Crippen molar-refractivity contribution < 1.29 is 0 Å². The molecule has 1 unspecified atom stereocenters. The first kappa shape index (κ1) is 7.17. The maximum Gasteiger partial charge on any atom is -0.0319 e. The SMILES string of the molecule is C=CPCCCC. The molecule has 0 N–H and O–H groups in total. The summed E-state index contributed by atoms with van der Waals surface area (Å²) in [6, 6.07) is 0. The highest BCUT2D eigenvalue weighted by atomic mass is 31.1. The third-order valence-corrected chi connectivity index (χ3v) is 1.75. The molecule has 0 bridgehead atoms. The molecule has 0 radical (unpaired) electrons. The van der Waals surface area contributed by atoms with E-state index in [1.165, 1.54) is 19.0 Å². The fourth-order valence-electron chi connectivity index (χ4n) is 0.381. The molecule has 0 aromatic carbocycles. The summed E-state index contributed by atoms with van der Waals surface area (Å²) in [6.07, 6.45) is 4.03. The summed E-state index contributed by atoms with van der Waals surface area (Å²) in [4.78, 5) is 0. The summed E-state index contributed by atoms with van der Waals surface area (Å²) >= 11 is 0. The lowest BCUT2D eigenvalue weighted by Crippen LogP contribution is -1.68. The van der Waals surface area contributed by atoms with Gasteiger partial charge in [-0.3, -0.25) is 0 Å². The van der Waals surface area contributed by atoms with Crippen molar-refractivity contribution in [2.24, 2.45) is 0 Å². The van der Waals surface area contributed by atoms with Crippen molar-refractivity contribution in [1.82, 2.24) is 0 Å². The highest BCUT2D eigenvalue weighted by Gasteiger charge is 1.77. The molecule has 0 aromatic heterocycles. The summed E-state index contributed by atoms with van der Waals surface area (Å²) < 4.78 is 0. The normalized spacial score (nSPS) is 10.4. The molecule has 0 saturated heterocycles. The Morgan fingerprint density at radius 2 is 2.43 bits per heavy atom. The Labute approximate surface area is 47.8 Å². The highest BCUT2D eigenvalue weighted by molar-refractivity contribution is 7.41. The predicted molar refractivity (Wildman–Crippen MR) is 38.3 cm³/mol. The van der Waals surface area contributed by atoms with E-state index in [4.69, 9.17) is 0 Å². The molecule has 0 spiro atoms. The van der Waals surface area contributed by atoms with Crippen molar-refractivity contribution in [3.05, 3.63) is 12.4 Å². The van der Waals surface area contributed by atoms with Crippen LogP contribution in [0.25, 0.3) is 0 Å². The molecule has 0 aliphatic rings. The Morgan fingerprint density at radius 1 is 1.71 bits per heavy atom. The predicted octanol–water partition coefficient (Wildman–Crippen LogP) is 2.61. The third kappa shape index (κ3) is 6.17. The van der Waals surface area contributed by atoms with E-state index < -0.39 is 0 Å². The van der Waals surface area contributed by atoms with Gasteiger partial charge in [0.2, 0.25) is 0 Å². The van der Waals surface area contributed by atoms with Gasteiger partial charge in [0.25, 0.3) is 0 Å². The second kappa shape index (κ2) is 6.17. The number of unbranched alkanes of at least 4 members (excludes halogenated alkanes) is 1. The van der Waals surface area contributed by atoms with Crippen LogP contribution in [0.3, 0.4) is 0 Å². The highest BCUT2D eigenvalue weighted by Crippen LogP contribution is 2.11. The van der Waals surface area contributed by atoms with E-state index in [1.807, 2.05) is 5.82 Å². The summed E-state index contributed by atoms with van der Waals surface area (Å²) in [6.45, 7) is 5.86. The number of hydrogen-bond acceptors (Lipinski definition) is 0. The standard InChI is InChI=1S/C6H13P/c1-3-5-6-7-4-2/h4,7H,2-3,5-6H2,1H3. The molecule has 1 atom stereocenters. The Morgan fingerprint density at radius 3 is 2.86 bits per heavy atom. The van der Waals surface area contributed by atoms with Crippen LogP contribution in [0.15, 0.2) is 12.4 Å². The average Bonchev–Trinajstić information content (AvgIpc) is 1.69. The molecule has 0 aromatic rings. The van der Waals surface area contributed by atoms with Gasteiger partial charge in [-0.05, 0) is 12.6 Å². The minimum Gasteiger partial charge on any atom is -0.0990 e. The molecule has 0 aliphatic carbocycles. The molecule has 1 heteroatoms. The number of hydrogen-bond donors (Lipinski definition) is 0. The average molecular weight is 116 g/mol. The van der Waals surface area contributed by atoms with Crippen LogP contribution in [-0.2, 0) is 0 Å². The molecule has 0 fully saturated rings. The van der Waals surface area contributed by atoms with Gasteiger partial charge in [-0.2, -0.15) is 0 Å². The van der Waals surface area contributed by atoms with Gasteiger partial charge < -0.3 is 0 Å². The van der Waals surface area contributed by atoms with Gasteiger partial charge in [-0.15, -0.1) is 0 Å². The van der Waals surface area contributed by atoms with Gasteiger partial charge >= 0.3 is 0 Å². The topological polar surface area (TPSA) is 0 Å². The van der Waals surface area contributed by atoms with E-state index in [9.17, 15) is 0 Å². The van der Waals surface area contributed by atoms with Gasteiger partial charge in [0.1, 0.15) is 0 Å². The van der Waals surface area contributed by atoms with Crippen molar-refractivity contribution in [2.75, 3.05) is 6.16 Å². The van der Waals surface area contributed by atoms with Crippen molar-refractivity contribution >= 4 is 8.58 Å². The summed E-state index contributed by atoms with van der Waals surface area (Å²) in [5.41, 5.74) is 0. The fraction of sp³-hybridized carbons (Fsp3) is 0.667. The molecule has 0 aliphatic heterocycles. The van der Waals surface area contributed by atoms with Crippen molar-refractivity contribution in [3.8, 4) is 0 Å². The van der Waals surface area contributed by atoms with Crippen molar-refractivity contribution in [2.45, 2.75) is 19.8 Å². The van der Waals surface area contributed by atoms with Crippen LogP contribution in [0, 0.1) is 0 Å². The molecule has 0 saturated carbocycles. The summed E-state index contributed by atoms with van der Waals surface area (Å²) in [7, 11) is 0.986. The molecule has 42 valence electrons. The van der Waals surface area contributed by atoms with Crippen LogP contribution < -0.4 is 0 Å². The molecule has 0 nitrogen and oxygen atoms in total. The lowest BCUT2D eigenvalue weighted by atomic mass is 10.4. The number of rotatable bonds is 4. The van der Waals surface area contributed by atoms with Gasteiger partial charge in [0.05, 0.1) is 0 Å². The van der Waals surface area contributed by atoms with E-state index >= 15 is 0 Å². The summed E-state index contributed by atoms with van der Waals surface area (Å²) in [5.74, 6) is 2.01. The van der Waals surface area contributed by atoms with Gasteiger partial charge in [0, 0.05) is 0 Å². The van der Waals surface area contributed by atoms with Crippen LogP contribution in [0.5, 0.6) is 0 Å². The zero-order valence-corrected chi connectivity index (χ0v) is 5.91. The third-order valence-electron chi connectivity index (χ3n) is 0.819. The lowest BCUT2D eigenvalue weighted by Gasteiger charge is -1.88. The molecule has 0 heterocycles. The van der Waals surface area contributed by atoms with Gasteiger partial charge in [-0.25, -0.2) is 0 Å². The van der Waals surface area contributed by atoms with E-state index in [-0.39, 0.29) is 0 Å². The van der Waals surface area contributed by atoms with E-state index in [2.05, 4.69) is 13.5 Å². The second-order valence-electron chi connectivity index (χ2n) is 1.51. The first-order chi connectivity index (χ1) is 3.41. The zero-order chi connectivity index (χ0) is 5.54. The lowest BCUT2D eigenvalue weighted by molar-refractivity contribution is 0.895. The van der Waals surface area contributed by atoms with E-state index in [0.29, 0.717) is 0 Å². The Kier molecular flexibility index (Phi) is 6.32. The Bertz CT molecular complexity index is 41.4. The van der Waals surface area contributed by atoms with Crippen molar-refractivity contribution in [3.63, 3.8) is 0 Å². The largest absolute Gasteiger partial charge is 0.0990 e. The maximum atomic E-state index is 3.64. The van der Waals surface area contributed by atoms with Gasteiger partial charge in [0.15, 0.2) is 0 Å². The van der Waals surface area contributed by atoms with Crippen LogP contribution in [0.2, 0.25) is 0 Å². The Hall–Kier alpha value is 0.170. The van der Waals surface area contributed by atoms with Gasteiger partial charge in [-0.1, -0.05) is 34.3 Å². The zero-order valence-electron chi connectivity index (χ0n) is 4.91. The van der Waals surface area contributed by atoms with E-state index in [0.717, 1.165) is 8.58 Å². The smallest absolute Gasteiger partial charge is 0.0319 e. The van der Waals surface area contributed by atoms with Crippen LogP contribution >= 0.6 is 8.58 Å². The monoisotopic (exact) mass is 116 g/mol. The minimum atomic E-state index is 0.986. The quantitative estimate of drug-likeness (QED) is 0.391. The second-order valence-corrected chi connectivity index (χ2v) is 2.83. The first-order valence-corrected chi connectivity index (χ1v) is 4.04. The molecular weight excluding hydrogens is 103 g/mol. The maximum absolute atomic E-state index is 3.64. The fourth-order valence-corrected chi connectivity index (χ4v) is 1.14. The van der Waals surface area contributed by atoms with Crippen molar-refractivity contribution in [1.29, 1.82) is 0 Å². The first-order valence-electron chi connectivity index (χ1n) is 2.76. The van der Waals surface area contributed by atoms with Crippen LogP contribution in [0.1, 0.15) is 19.8 Å². The molecular formula is C6H13P. The molecule has 0 amide bonds. The van der Waals surface area contributed by atoms with Crippen LogP contribution in [-0.4, -0.2) is 6.16 Å². The van der Waals surface area contributed by atoms with E-state index in [1.54, 1.807) is 0 Å². The Balaban J connectivity index is 2.56. The molecule has 0 rings (SSSR count).